The van der Waals surface area contributed by atoms with Crippen molar-refractivity contribution in [3.63, 3.8) is 0 Å². The van der Waals surface area contributed by atoms with Gasteiger partial charge in [-0.05, 0) is 37.3 Å². The number of halogens is 1. The van der Waals surface area contributed by atoms with E-state index in [9.17, 15) is 4.39 Å². The SMILES string of the molecule is CCCCSc1c(F)cccc1C(C)NCC. The smallest absolute Gasteiger partial charge is 0.137 e. The van der Waals surface area contributed by atoms with E-state index in [0.717, 1.165) is 35.6 Å². The molecular weight excluding hydrogens is 233 g/mol. The van der Waals surface area contributed by atoms with Gasteiger partial charge in [0, 0.05) is 10.9 Å². The maximum Gasteiger partial charge on any atom is 0.137 e. The van der Waals surface area contributed by atoms with Crippen LogP contribution >= 0.6 is 11.8 Å². The van der Waals surface area contributed by atoms with E-state index in [1.54, 1.807) is 23.9 Å². The Labute approximate surface area is 108 Å². The molecule has 0 amide bonds. The molecule has 0 bridgehead atoms. The Balaban J connectivity index is 2.83. The zero-order valence-electron chi connectivity index (χ0n) is 10.9. The summed E-state index contributed by atoms with van der Waals surface area (Å²) in [7, 11) is 0. The lowest BCUT2D eigenvalue weighted by Crippen LogP contribution is -2.18. The van der Waals surface area contributed by atoms with Crippen molar-refractivity contribution in [2.45, 2.75) is 44.6 Å². The zero-order valence-corrected chi connectivity index (χ0v) is 11.7. The monoisotopic (exact) mass is 255 g/mol. The number of unbranched alkanes of at least 4 members (excludes halogenated alkanes) is 1. The highest BCUT2D eigenvalue weighted by Gasteiger charge is 2.13. The number of rotatable bonds is 7. The van der Waals surface area contributed by atoms with Gasteiger partial charge in [0.15, 0.2) is 0 Å². The largest absolute Gasteiger partial charge is 0.310 e. The fraction of sp³-hybridized carbons (Fsp3) is 0.571. The van der Waals surface area contributed by atoms with Gasteiger partial charge in [0.2, 0.25) is 0 Å². The molecule has 17 heavy (non-hydrogen) atoms. The highest BCUT2D eigenvalue weighted by molar-refractivity contribution is 7.99. The molecule has 0 aromatic heterocycles. The van der Waals surface area contributed by atoms with E-state index >= 15 is 0 Å². The Hall–Kier alpha value is -0.540. The number of thioether (sulfide) groups is 1. The van der Waals surface area contributed by atoms with Crippen LogP contribution in [0.25, 0.3) is 0 Å². The summed E-state index contributed by atoms with van der Waals surface area (Å²) >= 11 is 1.64. The molecule has 1 N–H and O–H groups in total. The average molecular weight is 255 g/mol. The molecule has 0 aliphatic rings. The second-order valence-corrected chi connectivity index (χ2v) is 5.24. The summed E-state index contributed by atoms with van der Waals surface area (Å²) in [5, 5.41) is 3.34. The molecule has 0 aliphatic carbocycles. The fourth-order valence-corrected chi connectivity index (χ4v) is 3.01. The molecule has 1 nitrogen and oxygen atoms in total. The maximum atomic E-state index is 13.8. The van der Waals surface area contributed by atoms with Crippen LogP contribution in [0.1, 0.15) is 45.2 Å². The van der Waals surface area contributed by atoms with Crippen molar-refractivity contribution in [1.29, 1.82) is 0 Å². The molecule has 1 aromatic rings. The van der Waals surface area contributed by atoms with Crippen LogP contribution in [0.2, 0.25) is 0 Å². The summed E-state index contributed by atoms with van der Waals surface area (Å²) in [4.78, 5) is 0.814. The molecule has 1 unspecified atom stereocenters. The number of hydrogen-bond donors (Lipinski definition) is 1. The van der Waals surface area contributed by atoms with Crippen molar-refractivity contribution in [2.24, 2.45) is 0 Å². The second kappa shape index (κ2) is 7.72. The highest BCUT2D eigenvalue weighted by atomic mass is 32.2. The van der Waals surface area contributed by atoms with Crippen LogP contribution in [0.15, 0.2) is 23.1 Å². The Morgan fingerprint density at radius 3 is 2.76 bits per heavy atom. The first-order valence-electron chi connectivity index (χ1n) is 6.35. The number of benzene rings is 1. The second-order valence-electron chi connectivity index (χ2n) is 4.14. The minimum Gasteiger partial charge on any atom is -0.310 e. The molecule has 1 atom stereocenters. The molecule has 0 fully saturated rings. The van der Waals surface area contributed by atoms with Crippen LogP contribution in [0.5, 0.6) is 0 Å². The Kier molecular flexibility index (Phi) is 6.60. The van der Waals surface area contributed by atoms with E-state index in [2.05, 4.69) is 26.1 Å². The van der Waals surface area contributed by atoms with Gasteiger partial charge >= 0.3 is 0 Å². The first-order valence-corrected chi connectivity index (χ1v) is 7.33. The van der Waals surface area contributed by atoms with Gasteiger partial charge in [-0.1, -0.05) is 32.4 Å². The van der Waals surface area contributed by atoms with E-state index < -0.39 is 0 Å². The lowest BCUT2D eigenvalue weighted by Gasteiger charge is -2.17. The van der Waals surface area contributed by atoms with E-state index in [-0.39, 0.29) is 11.9 Å². The third-order valence-corrected chi connectivity index (χ3v) is 3.93. The van der Waals surface area contributed by atoms with E-state index in [1.807, 2.05) is 6.07 Å². The predicted octanol–water partition coefficient (Wildman–Crippen LogP) is 4.39. The third kappa shape index (κ3) is 4.32. The zero-order chi connectivity index (χ0) is 12.7. The topological polar surface area (TPSA) is 12.0 Å². The predicted molar refractivity (Wildman–Crippen MR) is 74.1 cm³/mol. The Bertz CT molecular complexity index is 341. The fourth-order valence-electron chi connectivity index (χ4n) is 1.75. The van der Waals surface area contributed by atoms with Crippen LogP contribution in [-0.2, 0) is 0 Å². The molecule has 3 heteroatoms. The molecule has 1 rings (SSSR count). The van der Waals surface area contributed by atoms with Gasteiger partial charge in [-0.3, -0.25) is 0 Å². The van der Waals surface area contributed by atoms with Crippen molar-refractivity contribution in [3.05, 3.63) is 29.6 Å². The van der Waals surface area contributed by atoms with E-state index in [1.165, 1.54) is 0 Å². The van der Waals surface area contributed by atoms with E-state index in [0.29, 0.717) is 0 Å². The van der Waals surface area contributed by atoms with Gasteiger partial charge in [-0.25, -0.2) is 4.39 Å². The van der Waals surface area contributed by atoms with E-state index in [4.69, 9.17) is 0 Å². The molecule has 96 valence electrons. The van der Waals surface area contributed by atoms with Gasteiger partial charge in [0.1, 0.15) is 5.82 Å². The van der Waals surface area contributed by atoms with Crippen LogP contribution in [0.4, 0.5) is 4.39 Å². The summed E-state index contributed by atoms with van der Waals surface area (Å²) in [5.41, 5.74) is 1.08. The molecule has 0 aliphatic heterocycles. The molecule has 0 heterocycles. The maximum absolute atomic E-state index is 13.8. The lowest BCUT2D eigenvalue weighted by atomic mass is 10.1. The standard InChI is InChI=1S/C14H22FNS/c1-4-6-10-17-14-12(11(3)16-5-2)8-7-9-13(14)15/h7-9,11,16H,4-6,10H2,1-3H3. The summed E-state index contributed by atoms with van der Waals surface area (Å²) in [6.45, 7) is 7.21. The highest BCUT2D eigenvalue weighted by Crippen LogP contribution is 2.30. The molecule has 1 aromatic carbocycles. The minimum atomic E-state index is -0.0895. The van der Waals surface area contributed by atoms with Crippen molar-refractivity contribution < 1.29 is 4.39 Å². The van der Waals surface area contributed by atoms with Gasteiger partial charge in [-0.15, -0.1) is 11.8 Å². The Morgan fingerprint density at radius 1 is 1.35 bits per heavy atom. The van der Waals surface area contributed by atoms with Crippen LogP contribution < -0.4 is 5.32 Å². The quantitative estimate of drug-likeness (QED) is 0.573. The molecule has 0 radical (unpaired) electrons. The minimum absolute atomic E-state index is 0.0895. The third-order valence-electron chi connectivity index (χ3n) is 2.72. The van der Waals surface area contributed by atoms with Crippen LogP contribution in [0, 0.1) is 5.82 Å². The van der Waals surface area contributed by atoms with Crippen LogP contribution in [-0.4, -0.2) is 12.3 Å². The average Bonchev–Trinajstić information content (AvgIpc) is 2.31. The summed E-state index contributed by atoms with van der Waals surface area (Å²) in [5.74, 6) is 0.900. The normalized spacial score (nSPS) is 12.7. The Morgan fingerprint density at radius 2 is 2.12 bits per heavy atom. The number of hydrogen-bond acceptors (Lipinski definition) is 2. The molecule has 0 spiro atoms. The van der Waals surface area contributed by atoms with Crippen molar-refractivity contribution in [2.75, 3.05) is 12.3 Å². The summed E-state index contributed by atoms with van der Waals surface area (Å²) < 4.78 is 13.8. The van der Waals surface area contributed by atoms with Crippen molar-refractivity contribution in [3.8, 4) is 0 Å². The van der Waals surface area contributed by atoms with Gasteiger partial charge < -0.3 is 5.32 Å². The lowest BCUT2D eigenvalue weighted by molar-refractivity contribution is 0.558. The van der Waals surface area contributed by atoms with Crippen molar-refractivity contribution in [1.82, 2.24) is 5.32 Å². The first kappa shape index (κ1) is 14.5. The van der Waals surface area contributed by atoms with Gasteiger partial charge in [-0.2, -0.15) is 0 Å². The summed E-state index contributed by atoms with van der Waals surface area (Å²) in [6.07, 6.45) is 2.29. The van der Waals surface area contributed by atoms with Gasteiger partial charge in [0.25, 0.3) is 0 Å². The first-order chi connectivity index (χ1) is 8.20. The summed E-state index contributed by atoms with van der Waals surface area (Å²) in [6, 6.07) is 5.57. The number of nitrogens with one attached hydrogen (secondary N) is 1. The molecular formula is C14H22FNS. The van der Waals surface area contributed by atoms with Gasteiger partial charge in [0.05, 0.1) is 0 Å². The van der Waals surface area contributed by atoms with Crippen molar-refractivity contribution >= 4 is 11.8 Å². The molecule has 0 saturated heterocycles. The molecule has 0 saturated carbocycles. The van der Waals surface area contributed by atoms with Crippen LogP contribution in [0.3, 0.4) is 0 Å².